The highest BCUT2D eigenvalue weighted by molar-refractivity contribution is 5.99. The number of hydrogen-bond donors (Lipinski definition) is 2. The average Bonchev–Trinajstić information content (AvgIpc) is 3.26. The molecule has 0 aliphatic heterocycles. The number of rotatable bonds is 6. The lowest BCUT2D eigenvalue weighted by molar-refractivity contribution is 0.0905. The summed E-state index contributed by atoms with van der Waals surface area (Å²) in [5, 5.41) is 12.4. The van der Waals surface area contributed by atoms with Crippen LogP contribution in [0.2, 0.25) is 0 Å². The van der Waals surface area contributed by atoms with Gasteiger partial charge in [0.25, 0.3) is 5.91 Å². The molecule has 1 aliphatic carbocycles. The molecule has 1 fully saturated rings. The molecule has 1 aliphatic rings. The number of carbonyl (C=O) groups is 1. The predicted molar refractivity (Wildman–Crippen MR) is 85.0 cm³/mol. The quantitative estimate of drug-likeness (QED) is 0.860. The Morgan fingerprint density at radius 1 is 1.45 bits per heavy atom. The van der Waals surface area contributed by atoms with Crippen molar-refractivity contribution >= 4 is 11.4 Å². The number of carbonyl (C=O) groups excluding carboxylic acids is 1. The summed E-state index contributed by atoms with van der Waals surface area (Å²) in [4.78, 5) is 17.2. The van der Waals surface area contributed by atoms with Gasteiger partial charge in [-0.05, 0) is 37.3 Å². The maximum Gasteiger partial charge on any atom is 0.272 e. The van der Waals surface area contributed by atoms with Gasteiger partial charge in [-0.2, -0.15) is 0 Å². The molecule has 5 heteroatoms. The molecule has 5 nitrogen and oxygen atoms in total. The summed E-state index contributed by atoms with van der Waals surface area (Å²) in [6, 6.07) is 5.57. The van der Waals surface area contributed by atoms with Gasteiger partial charge in [-0.1, -0.05) is 19.9 Å². The van der Waals surface area contributed by atoms with E-state index in [2.05, 4.69) is 24.1 Å². The molecular weight excluding hydrogens is 278 g/mol. The van der Waals surface area contributed by atoms with Gasteiger partial charge >= 0.3 is 0 Å². The number of aliphatic hydroxyl groups is 1. The first-order chi connectivity index (χ1) is 10.6. The largest absolute Gasteiger partial charge is 0.394 e. The van der Waals surface area contributed by atoms with Crippen LogP contribution in [-0.4, -0.2) is 33.0 Å². The first-order valence-electron chi connectivity index (χ1n) is 7.98. The predicted octanol–water partition coefficient (Wildman–Crippen LogP) is 2.35. The van der Waals surface area contributed by atoms with Gasteiger partial charge in [-0.25, -0.2) is 4.98 Å². The molecular formula is C17H23N3O2. The number of imidazole rings is 1. The van der Waals surface area contributed by atoms with Gasteiger partial charge in [-0.3, -0.25) is 4.79 Å². The van der Waals surface area contributed by atoms with Crippen LogP contribution in [0, 0.1) is 5.92 Å². The molecule has 0 radical (unpaired) electrons. The van der Waals surface area contributed by atoms with Crippen LogP contribution < -0.4 is 5.32 Å². The van der Waals surface area contributed by atoms with Crippen LogP contribution >= 0.6 is 0 Å². The Labute approximate surface area is 130 Å². The monoisotopic (exact) mass is 301 g/mol. The third-order valence-electron chi connectivity index (χ3n) is 4.04. The first kappa shape index (κ1) is 15.0. The number of hydrogen-bond acceptors (Lipinski definition) is 3. The summed E-state index contributed by atoms with van der Waals surface area (Å²) >= 11 is 0. The smallest absolute Gasteiger partial charge is 0.272 e. The van der Waals surface area contributed by atoms with Crippen LogP contribution in [-0.2, 0) is 0 Å². The van der Waals surface area contributed by atoms with Gasteiger partial charge in [0, 0.05) is 12.1 Å². The summed E-state index contributed by atoms with van der Waals surface area (Å²) < 4.78 is 2.02. The second-order valence-electron chi connectivity index (χ2n) is 6.53. The Hall–Kier alpha value is -1.88. The fourth-order valence-electron chi connectivity index (χ4n) is 2.86. The molecule has 2 aromatic heterocycles. The van der Waals surface area contributed by atoms with Crippen molar-refractivity contribution in [2.24, 2.45) is 5.92 Å². The van der Waals surface area contributed by atoms with E-state index in [0.29, 0.717) is 17.5 Å². The van der Waals surface area contributed by atoms with Crippen molar-refractivity contribution in [3.8, 4) is 0 Å². The lowest BCUT2D eigenvalue weighted by Crippen LogP contribution is -2.38. The molecule has 1 amide bonds. The van der Waals surface area contributed by atoms with E-state index >= 15 is 0 Å². The second-order valence-corrected chi connectivity index (χ2v) is 6.53. The van der Waals surface area contributed by atoms with Gasteiger partial charge in [0.15, 0.2) is 5.69 Å². The summed E-state index contributed by atoms with van der Waals surface area (Å²) in [7, 11) is 0. The first-order valence-corrected chi connectivity index (χ1v) is 7.98. The van der Waals surface area contributed by atoms with Gasteiger partial charge in [0.1, 0.15) is 5.82 Å². The SMILES string of the molecule is CC(C)CC(CO)NC(=O)c1nc(C2CC2)n2ccccc12. The minimum absolute atomic E-state index is 0.0504. The molecule has 118 valence electrons. The third-order valence-corrected chi connectivity index (χ3v) is 4.04. The highest BCUT2D eigenvalue weighted by Crippen LogP contribution is 2.39. The van der Waals surface area contributed by atoms with Crippen molar-refractivity contribution in [2.75, 3.05) is 6.61 Å². The molecule has 1 atom stereocenters. The van der Waals surface area contributed by atoms with Gasteiger partial charge in [0.2, 0.25) is 0 Å². The van der Waals surface area contributed by atoms with Crippen molar-refractivity contribution in [1.82, 2.24) is 14.7 Å². The highest BCUT2D eigenvalue weighted by atomic mass is 16.3. The highest BCUT2D eigenvalue weighted by Gasteiger charge is 2.30. The summed E-state index contributed by atoms with van der Waals surface area (Å²) in [5.74, 6) is 1.67. The van der Waals surface area contributed by atoms with Crippen molar-refractivity contribution in [1.29, 1.82) is 0 Å². The maximum atomic E-state index is 12.6. The third kappa shape index (κ3) is 2.99. The van der Waals surface area contributed by atoms with Crippen LogP contribution in [0.1, 0.15) is 55.3 Å². The number of aliphatic hydroxyl groups excluding tert-OH is 1. The maximum absolute atomic E-state index is 12.6. The van der Waals surface area contributed by atoms with E-state index in [1.54, 1.807) is 0 Å². The molecule has 1 unspecified atom stereocenters. The lowest BCUT2D eigenvalue weighted by Gasteiger charge is -2.17. The van der Waals surface area contributed by atoms with Crippen molar-refractivity contribution < 1.29 is 9.90 Å². The van der Waals surface area contributed by atoms with Crippen molar-refractivity contribution in [3.05, 3.63) is 35.9 Å². The Morgan fingerprint density at radius 3 is 2.86 bits per heavy atom. The Balaban J connectivity index is 1.87. The molecule has 0 spiro atoms. The van der Waals surface area contributed by atoms with Crippen LogP contribution in [0.15, 0.2) is 24.4 Å². The molecule has 22 heavy (non-hydrogen) atoms. The summed E-state index contributed by atoms with van der Waals surface area (Å²) in [5.41, 5.74) is 1.30. The normalized spacial score (nSPS) is 16.2. The number of aromatic nitrogens is 2. The zero-order chi connectivity index (χ0) is 15.7. The van der Waals surface area contributed by atoms with E-state index in [4.69, 9.17) is 0 Å². The Bertz CT molecular complexity index is 674. The number of fused-ring (bicyclic) bond motifs is 1. The van der Waals surface area contributed by atoms with Crippen molar-refractivity contribution in [2.45, 2.75) is 45.1 Å². The molecule has 2 heterocycles. The van der Waals surface area contributed by atoms with E-state index in [1.165, 1.54) is 0 Å². The number of pyridine rings is 1. The van der Waals surface area contributed by atoms with E-state index in [9.17, 15) is 9.90 Å². The molecule has 2 N–H and O–H groups in total. The average molecular weight is 301 g/mol. The number of nitrogens with zero attached hydrogens (tertiary/aromatic N) is 2. The molecule has 0 bridgehead atoms. The molecule has 0 aromatic carbocycles. The van der Waals surface area contributed by atoms with Crippen LogP contribution in [0.4, 0.5) is 0 Å². The molecule has 1 saturated carbocycles. The van der Waals surface area contributed by atoms with E-state index in [1.807, 2.05) is 28.8 Å². The number of amides is 1. The fraction of sp³-hybridized carbons (Fsp3) is 0.529. The fourth-order valence-corrected chi connectivity index (χ4v) is 2.86. The van der Waals surface area contributed by atoms with E-state index in [-0.39, 0.29) is 18.6 Å². The number of nitrogens with one attached hydrogen (secondary N) is 1. The Kier molecular flexibility index (Phi) is 4.16. The minimum atomic E-state index is -0.225. The van der Waals surface area contributed by atoms with Gasteiger partial charge in [0.05, 0.1) is 18.2 Å². The van der Waals surface area contributed by atoms with Gasteiger partial charge in [-0.15, -0.1) is 0 Å². The van der Waals surface area contributed by atoms with Crippen LogP contribution in [0.5, 0.6) is 0 Å². The van der Waals surface area contributed by atoms with Crippen LogP contribution in [0.3, 0.4) is 0 Å². The lowest BCUT2D eigenvalue weighted by atomic mass is 10.0. The Morgan fingerprint density at radius 2 is 2.23 bits per heavy atom. The van der Waals surface area contributed by atoms with E-state index in [0.717, 1.165) is 30.6 Å². The molecule has 3 rings (SSSR count). The minimum Gasteiger partial charge on any atom is -0.394 e. The van der Waals surface area contributed by atoms with Crippen LogP contribution in [0.25, 0.3) is 5.52 Å². The molecule has 0 saturated heterocycles. The standard InChI is InChI=1S/C17H23N3O2/c1-11(2)9-13(10-21)18-17(22)15-14-5-3-4-8-20(14)16(19-15)12-6-7-12/h3-5,8,11-13,21H,6-7,9-10H2,1-2H3,(H,18,22). The second kappa shape index (κ2) is 6.08. The summed E-state index contributed by atoms with van der Waals surface area (Å²) in [6.07, 6.45) is 5.00. The van der Waals surface area contributed by atoms with E-state index < -0.39 is 0 Å². The molecule has 2 aromatic rings. The zero-order valence-electron chi connectivity index (χ0n) is 13.1. The summed E-state index contributed by atoms with van der Waals surface area (Å²) in [6.45, 7) is 4.10. The topological polar surface area (TPSA) is 66.6 Å². The van der Waals surface area contributed by atoms with Gasteiger partial charge < -0.3 is 14.8 Å². The van der Waals surface area contributed by atoms with Crippen molar-refractivity contribution in [3.63, 3.8) is 0 Å². The zero-order valence-corrected chi connectivity index (χ0v) is 13.1.